The van der Waals surface area contributed by atoms with E-state index in [-0.39, 0.29) is 0 Å². The Hall–Kier alpha value is -6.24. The Morgan fingerprint density at radius 2 is 0.646 bits per heavy atom. The van der Waals surface area contributed by atoms with Crippen LogP contribution >= 0.6 is 0 Å². The first kappa shape index (κ1) is 26.9. The Balaban J connectivity index is 1.30. The molecule has 0 aliphatic rings. The summed E-state index contributed by atoms with van der Waals surface area (Å²) in [7, 11) is 0. The third kappa shape index (κ3) is 4.10. The zero-order chi connectivity index (χ0) is 31.6. The van der Waals surface area contributed by atoms with Crippen molar-refractivity contribution in [2.75, 3.05) is 0 Å². The van der Waals surface area contributed by atoms with Gasteiger partial charge in [-0.2, -0.15) is 0 Å². The quantitative estimate of drug-likeness (QED) is 0.176. The predicted molar refractivity (Wildman–Crippen MR) is 208 cm³/mol. The lowest BCUT2D eigenvalue weighted by molar-refractivity contribution is 1.62. The zero-order valence-electron chi connectivity index (χ0n) is 26.3. The van der Waals surface area contributed by atoms with Crippen molar-refractivity contribution in [1.82, 2.24) is 0 Å². The van der Waals surface area contributed by atoms with Gasteiger partial charge < -0.3 is 0 Å². The average Bonchev–Trinajstić information content (AvgIpc) is 3.17. The van der Waals surface area contributed by atoms with Gasteiger partial charge in [0, 0.05) is 0 Å². The Kier molecular flexibility index (Phi) is 5.98. The van der Waals surface area contributed by atoms with Gasteiger partial charge in [0.05, 0.1) is 0 Å². The molecule has 0 heterocycles. The molecule has 10 aromatic rings. The zero-order valence-corrected chi connectivity index (χ0v) is 26.3. The van der Waals surface area contributed by atoms with Crippen LogP contribution in [0.3, 0.4) is 0 Å². The third-order valence-electron chi connectivity index (χ3n) is 10.2. The Morgan fingerprint density at radius 3 is 1.31 bits per heavy atom. The second-order valence-corrected chi connectivity index (χ2v) is 12.8. The van der Waals surface area contributed by atoms with Crippen molar-refractivity contribution in [1.29, 1.82) is 0 Å². The van der Waals surface area contributed by atoms with Crippen molar-refractivity contribution in [3.63, 3.8) is 0 Å². The monoisotopic (exact) mass is 606 g/mol. The predicted octanol–water partition coefficient (Wildman–Crippen LogP) is 13.6. The van der Waals surface area contributed by atoms with E-state index >= 15 is 0 Å². The Morgan fingerprint density at radius 1 is 0.208 bits per heavy atom. The molecule has 48 heavy (non-hydrogen) atoms. The summed E-state index contributed by atoms with van der Waals surface area (Å²) in [6.07, 6.45) is 0. The topological polar surface area (TPSA) is 0 Å². The van der Waals surface area contributed by atoms with Gasteiger partial charge in [-0.15, -0.1) is 0 Å². The highest BCUT2D eigenvalue weighted by atomic mass is 14.2. The highest BCUT2D eigenvalue weighted by Gasteiger charge is 2.17. The van der Waals surface area contributed by atoms with Crippen molar-refractivity contribution in [3.8, 4) is 33.4 Å². The normalized spacial score (nSPS) is 11.8. The molecule has 10 aromatic carbocycles. The molecule has 0 amide bonds. The summed E-state index contributed by atoms with van der Waals surface area (Å²) in [6.45, 7) is 0. The summed E-state index contributed by atoms with van der Waals surface area (Å²) in [4.78, 5) is 0. The second kappa shape index (κ2) is 10.7. The molecule has 0 heteroatoms. The molecule has 0 N–H and O–H groups in total. The van der Waals surface area contributed by atoms with Crippen LogP contribution in [0.15, 0.2) is 182 Å². The second-order valence-electron chi connectivity index (χ2n) is 12.8. The lowest BCUT2D eigenvalue weighted by Crippen LogP contribution is -1.90. The first-order valence-corrected chi connectivity index (χ1v) is 16.7. The smallest absolute Gasteiger partial charge is 0.00137 e. The molecule has 0 aliphatic carbocycles. The van der Waals surface area contributed by atoms with E-state index in [1.807, 2.05) is 0 Å². The van der Waals surface area contributed by atoms with E-state index in [4.69, 9.17) is 0 Å². The molecule has 0 aliphatic heterocycles. The van der Waals surface area contributed by atoms with Crippen LogP contribution in [-0.2, 0) is 0 Å². The molecule has 0 atom stereocenters. The van der Waals surface area contributed by atoms with Gasteiger partial charge in [-0.05, 0) is 116 Å². The van der Waals surface area contributed by atoms with Crippen LogP contribution in [0, 0.1) is 0 Å². The van der Waals surface area contributed by atoms with Gasteiger partial charge in [0.15, 0.2) is 0 Å². The summed E-state index contributed by atoms with van der Waals surface area (Å²) >= 11 is 0. The van der Waals surface area contributed by atoms with Crippen LogP contribution < -0.4 is 0 Å². The van der Waals surface area contributed by atoms with Crippen LogP contribution in [0.2, 0.25) is 0 Å². The van der Waals surface area contributed by atoms with Gasteiger partial charge in [-0.3, -0.25) is 0 Å². The van der Waals surface area contributed by atoms with Crippen LogP contribution in [-0.4, -0.2) is 0 Å². The summed E-state index contributed by atoms with van der Waals surface area (Å²) < 4.78 is 0. The van der Waals surface area contributed by atoms with Crippen molar-refractivity contribution >= 4 is 64.6 Å². The fraction of sp³-hybridized carbons (Fsp3) is 0. The number of rotatable bonds is 3. The van der Waals surface area contributed by atoms with Gasteiger partial charge in [0.2, 0.25) is 0 Å². The molecular weight excluding hydrogens is 577 g/mol. The van der Waals surface area contributed by atoms with Gasteiger partial charge in [0.1, 0.15) is 0 Å². The Bertz CT molecular complexity index is 2870. The maximum atomic E-state index is 2.44. The van der Waals surface area contributed by atoms with Gasteiger partial charge in [-0.1, -0.05) is 164 Å². The van der Waals surface area contributed by atoms with Gasteiger partial charge in [-0.25, -0.2) is 0 Å². The molecular formula is C48H30. The van der Waals surface area contributed by atoms with E-state index in [0.717, 1.165) is 0 Å². The van der Waals surface area contributed by atoms with E-state index in [9.17, 15) is 0 Å². The fourth-order valence-corrected chi connectivity index (χ4v) is 8.01. The molecule has 0 fully saturated rings. The molecule has 0 saturated carbocycles. The lowest BCUT2D eigenvalue weighted by atomic mass is 9.85. The van der Waals surface area contributed by atoms with E-state index in [1.54, 1.807) is 0 Å². The standard InChI is InChI=1S/C48H30/c1-2-12-31(13-3-1)34-24-26-41-42-27-25-35(33-16-10-17-36(28-33)38-23-11-15-32-14-4-5-18-37(32)38)30-46(42)48-44-22-9-7-20-40(44)39-19-6-8-21-43(39)47(48)45(41)29-34/h1-30H. The van der Waals surface area contributed by atoms with Crippen LogP contribution in [0.5, 0.6) is 0 Å². The van der Waals surface area contributed by atoms with E-state index in [1.165, 1.54) is 98.0 Å². The van der Waals surface area contributed by atoms with Crippen molar-refractivity contribution in [3.05, 3.63) is 182 Å². The lowest BCUT2D eigenvalue weighted by Gasteiger charge is -2.18. The molecule has 0 bridgehead atoms. The highest BCUT2D eigenvalue weighted by molar-refractivity contribution is 6.39. The molecule has 222 valence electrons. The van der Waals surface area contributed by atoms with Crippen molar-refractivity contribution < 1.29 is 0 Å². The largest absolute Gasteiger partial charge is 0.0622 e. The number of fused-ring (bicyclic) bond motifs is 12. The van der Waals surface area contributed by atoms with Crippen molar-refractivity contribution in [2.24, 2.45) is 0 Å². The Labute approximate surface area is 279 Å². The highest BCUT2D eigenvalue weighted by Crippen LogP contribution is 2.45. The van der Waals surface area contributed by atoms with Gasteiger partial charge in [0.25, 0.3) is 0 Å². The maximum Gasteiger partial charge on any atom is -0.00137 e. The summed E-state index contributed by atoms with van der Waals surface area (Å²) in [5.74, 6) is 0. The van der Waals surface area contributed by atoms with Crippen LogP contribution in [0.1, 0.15) is 0 Å². The minimum Gasteiger partial charge on any atom is -0.0622 e. The third-order valence-corrected chi connectivity index (χ3v) is 10.2. The molecule has 10 rings (SSSR count). The molecule has 0 unspecified atom stereocenters. The maximum absolute atomic E-state index is 2.44. The first-order chi connectivity index (χ1) is 23.8. The fourth-order valence-electron chi connectivity index (χ4n) is 8.01. The van der Waals surface area contributed by atoms with Gasteiger partial charge >= 0.3 is 0 Å². The SMILES string of the molecule is c1ccc(-c2ccc3c4ccc(-c5cccc(-c6cccc7ccccc67)c5)cc4c4c5ccccc5c5ccccc5c4c3c2)cc1. The van der Waals surface area contributed by atoms with Crippen LogP contribution in [0.25, 0.3) is 98.0 Å². The molecule has 0 nitrogen and oxygen atoms in total. The van der Waals surface area contributed by atoms with E-state index in [2.05, 4.69) is 182 Å². The molecule has 0 radical (unpaired) electrons. The molecule has 0 saturated heterocycles. The van der Waals surface area contributed by atoms with Crippen molar-refractivity contribution in [2.45, 2.75) is 0 Å². The van der Waals surface area contributed by atoms with Crippen LogP contribution in [0.4, 0.5) is 0 Å². The molecule has 0 aromatic heterocycles. The van der Waals surface area contributed by atoms with E-state index in [0.29, 0.717) is 0 Å². The number of hydrogen-bond donors (Lipinski definition) is 0. The minimum absolute atomic E-state index is 1.22. The van der Waals surface area contributed by atoms with E-state index < -0.39 is 0 Å². The summed E-state index contributed by atoms with van der Waals surface area (Å²) in [5, 5.41) is 15.5. The number of benzene rings is 10. The first-order valence-electron chi connectivity index (χ1n) is 16.7. The summed E-state index contributed by atoms with van der Waals surface area (Å²) in [6, 6.07) is 67.0. The average molecular weight is 607 g/mol. The number of hydrogen-bond acceptors (Lipinski definition) is 0. The minimum atomic E-state index is 1.22. The molecule has 0 spiro atoms. The summed E-state index contributed by atoms with van der Waals surface area (Å²) in [5.41, 5.74) is 7.42.